The second-order valence-corrected chi connectivity index (χ2v) is 31.8. The zero-order chi connectivity index (χ0) is 2.71. The molecule has 0 unspecified atom stereocenters. The first-order valence-electron chi connectivity index (χ1n) is 0.644. The van der Waals surface area contributed by atoms with Crippen molar-refractivity contribution >= 4 is 60.5 Å². The van der Waals surface area contributed by atoms with Gasteiger partial charge in [-0.05, 0) is 0 Å². The van der Waals surface area contributed by atoms with Crippen molar-refractivity contribution in [1.29, 1.82) is 0 Å². The van der Waals surface area contributed by atoms with Crippen LogP contribution in [0.1, 0.15) is 0 Å². The maximum absolute atomic E-state index is 1.61. The summed E-state index contributed by atoms with van der Waals surface area (Å²) < 4.78 is 0. The van der Waals surface area contributed by atoms with Gasteiger partial charge in [0.15, 0.2) is 0 Å². The second kappa shape index (κ2) is 9.03. The Bertz CT molecular complexity index is 8.00. The third-order valence-corrected chi connectivity index (χ3v) is 0. The molecule has 0 saturated heterocycles. The maximum atomic E-state index is 1.61. The Morgan fingerprint density at radius 1 is 1.75 bits per heavy atom. The summed E-state index contributed by atoms with van der Waals surface area (Å²) in [6, 6.07) is 0. The quantitative estimate of drug-likeness (QED) is 0.388. The summed E-state index contributed by atoms with van der Waals surface area (Å²) in [5.74, 6) is 0. The molecule has 0 aliphatic heterocycles. The van der Waals surface area contributed by atoms with Crippen molar-refractivity contribution in [3.63, 3.8) is 0 Å². The van der Waals surface area contributed by atoms with Crippen LogP contribution >= 0.6 is 0 Å². The minimum absolute atomic E-state index is 0. The van der Waals surface area contributed by atoms with Gasteiger partial charge in [0.05, 0.1) is 0 Å². The van der Waals surface area contributed by atoms with Gasteiger partial charge in [0, 0.05) is 0 Å². The van der Waals surface area contributed by atoms with Crippen LogP contribution in [0.25, 0.3) is 0 Å². The second-order valence-electron chi connectivity index (χ2n) is 0.236. The fourth-order valence-corrected chi connectivity index (χ4v) is 0. The topological polar surface area (TPSA) is 0 Å². The molecular formula is H9GeSbSiTe. The van der Waals surface area contributed by atoms with Crippen LogP contribution in [-0.4, -0.2) is 60.5 Å². The van der Waals surface area contributed by atoms with Crippen molar-refractivity contribution in [3.05, 3.63) is 0 Å². The Hall–Kier alpha value is 2.37. The summed E-state index contributed by atoms with van der Waals surface area (Å²) in [6.45, 7) is 0. The van der Waals surface area contributed by atoms with Gasteiger partial charge in [-0.3, -0.25) is 0 Å². The zero-order valence-electron chi connectivity index (χ0n) is 1.99. The van der Waals surface area contributed by atoms with E-state index in [0.717, 1.165) is 16.1 Å². The summed E-state index contributed by atoms with van der Waals surface area (Å²) in [4.78, 5) is 0. The van der Waals surface area contributed by atoms with Crippen molar-refractivity contribution in [3.8, 4) is 0 Å². The Morgan fingerprint density at radius 3 is 1.75 bits per heavy atom. The van der Waals surface area contributed by atoms with Crippen LogP contribution in [0, 0.1) is 0 Å². The van der Waals surface area contributed by atoms with Crippen molar-refractivity contribution < 1.29 is 0 Å². The summed E-state index contributed by atoms with van der Waals surface area (Å²) in [6.07, 6.45) is 0. The molecule has 0 aliphatic rings. The molecule has 0 radical (unpaired) electrons. The van der Waals surface area contributed by atoms with E-state index in [-0.39, 0.29) is 17.6 Å². The molecule has 0 aromatic rings. The first-order chi connectivity index (χ1) is 1.41. The molecule has 0 aliphatic carbocycles. The predicted molar refractivity (Wildman–Crippen MR) is 35.6 cm³/mol. The summed E-state index contributed by atoms with van der Waals surface area (Å²) >= 11 is 2.35. The molecule has 0 N–H and O–H groups in total. The first kappa shape index (κ1) is 9.62. The van der Waals surface area contributed by atoms with Gasteiger partial charge in [-0.2, -0.15) is 0 Å². The minimum atomic E-state index is 0. The normalized spacial score (nSPS) is 5.25. The third kappa shape index (κ3) is 8.84. The zero-order valence-corrected chi connectivity index (χ0v) is 9.61. The average molecular weight is 359 g/mol. The molecular weight excluding hydrogens is 350 g/mol. The third-order valence-electron chi connectivity index (χ3n) is 0. The molecule has 4 heteroatoms. The van der Waals surface area contributed by atoms with Crippen LogP contribution in [0.5, 0.6) is 0 Å². The van der Waals surface area contributed by atoms with Crippen molar-refractivity contribution in [2.24, 2.45) is 0 Å². The molecule has 0 amide bonds. The monoisotopic (exact) mass is 362 g/mol. The van der Waals surface area contributed by atoms with E-state index >= 15 is 0 Å². The van der Waals surface area contributed by atoms with Crippen LogP contribution in [-0.2, 0) is 0 Å². The standard InChI is InChI=1S/GeH4.Sb.H3SiTe.2H/c;;1-2;;/h1H4;;1H3;;/q;+1;-1;;. The van der Waals surface area contributed by atoms with Gasteiger partial charge < -0.3 is 0 Å². The molecule has 0 fully saturated rings. The van der Waals surface area contributed by atoms with Crippen molar-refractivity contribution in [1.82, 2.24) is 0 Å². The van der Waals surface area contributed by atoms with Crippen LogP contribution in [0.15, 0.2) is 0 Å². The molecule has 0 atom stereocenters. The number of hydrogen-bond acceptors (Lipinski definition) is 0. The van der Waals surface area contributed by atoms with Gasteiger partial charge in [0.25, 0.3) is 0 Å². The Labute approximate surface area is 59.6 Å². The molecule has 0 aromatic heterocycles. The van der Waals surface area contributed by atoms with E-state index in [2.05, 4.69) is 0 Å². The van der Waals surface area contributed by atoms with E-state index in [1.54, 1.807) is 26.9 Å². The van der Waals surface area contributed by atoms with Gasteiger partial charge in [-0.25, -0.2) is 0 Å². The van der Waals surface area contributed by atoms with E-state index in [9.17, 15) is 0 Å². The van der Waals surface area contributed by atoms with Gasteiger partial charge in [-0.1, -0.05) is 0 Å². The van der Waals surface area contributed by atoms with Crippen LogP contribution in [0.2, 0.25) is 0 Å². The number of rotatable bonds is 0. The van der Waals surface area contributed by atoms with E-state index in [1.807, 2.05) is 0 Å². The first-order valence-corrected chi connectivity index (χ1v) is 18.8. The van der Waals surface area contributed by atoms with Gasteiger partial charge in [0.2, 0.25) is 0 Å². The van der Waals surface area contributed by atoms with E-state index in [1.165, 1.54) is 0 Å². The summed E-state index contributed by atoms with van der Waals surface area (Å²) in [5, 5.41) is 0. The van der Waals surface area contributed by atoms with E-state index in [0.29, 0.717) is 0 Å². The molecule has 0 rings (SSSR count). The predicted octanol–water partition coefficient (Wildman–Crippen LogP) is -3.93. The summed E-state index contributed by atoms with van der Waals surface area (Å²) in [5.41, 5.74) is 0. The Kier molecular flexibility index (Phi) is 21.7. The van der Waals surface area contributed by atoms with E-state index in [4.69, 9.17) is 0 Å². The SMILES string of the molecule is [GeH4].[SiH3][Te][SbH2]. The molecule has 0 heterocycles. The van der Waals surface area contributed by atoms with Crippen LogP contribution in [0.4, 0.5) is 0 Å². The van der Waals surface area contributed by atoms with Gasteiger partial charge >= 0.3 is 60.5 Å². The molecule has 0 spiro atoms. The van der Waals surface area contributed by atoms with Crippen LogP contribution in [0.3, 0.4) is 0 Å². The summed E-state index contributed by atoms with van der Waals surface area (Å²) in [7, 11) is 1.56. The van der Waals surface area contributed by atoms with Crippen molar-refractivity contribution in [2.45, 2.75) is 0 Å². The molecule has 4 heavy (non-hydrogen) atoms. The molecule has 0 bridgehead atoms. The fourth-order valence-electron chi connectivity index (χ4n) is 0. The van der Waals surface area contributed by atoms with Gasteiger partial charge in [-0.15, -0.1) is 0 Å². The molecule has 0 saturated carbocycles. The Balaban J connectivity index is 0. The average Bonchev–Trinajstić information content (AvgIpc) is 0.918. The number of hydrogen-bond donors (Lipinski definition) is 0. The van der Waals surface area contributed by atoms with E-state index < -0.39 is 0 Å². The molecule has 0 aromatic carbocycles. The van der Waals surface area contributed by atoms with Crippen LogP contribution < -0.4 is 0 Å². The molecule has 0 nitrogen and oxygen atoms in total. The molecule has 28 valence electrons. The Morgan fingerprint density at radius 2 is 1.75 bits per heavy atom. The van der Waals surface area contributed by atoms with Gasteiger partial charge in [0.1, 0.15) is 0 Å². The fraction of sp³-hybridized carbons (Fsp3) is 0. The van der Waals surface area contributed by atoms with Crippen molar-refractivity contribution in [2.75, 3.05) is 0 Å².